The van der Waals surface area contributed by atoms with Crippen LogP contribution in [0.2, 0.25) is 0 Å². The first kappa shape index (κ1) is 14.9. The van der Waals surface area contributed by atoms with Crippen molar-refractivity contribution in [3.8, 4) is 0 Å². The largest absolute Gasteiger partial charge is 0.310 e. The summed E-state index contributed by atoms with van der Waals surface area (Å²) in [5.41, 5.74) is 0.939. The van der Waals surface area contributed by atoms with Gasteiger partial charge in [-0.1, -0.05) is 25.0 Å². The molecule has 0 atom stereocenters. The van der Waals surface area contributed by atoms with Crippen LogP contribution in [0.5, 0.6) is 0 Å². The molecule has 21 heavy (non-hydrogen) atoms. The van der Waals surface area contributed by atoms with Crippen LogP contribution in [0.3, 0.4) is 0 Å². The quantitative estimate of drug-likeness (QED) is 0.813. The van der Waals surface area contributed by atoms with Gasteiger partial charge in [0.25, 0.3) is 5.56 Å². The second-order valence-corrected chi connectivity index (χ2v) is 7.19. The molecule has 1 heterocycles. The second kappa shape index (κ2) is 6.79. The molecule has 1 aliphatic carbocycles. The highest BCUT2D eigenvalue weighted by Crippen LogP contribution is 2.33. The third-order valence-corrected chi connectivity index (χ3v) is 5.82. The van der Waals surface area contributed by atoms with Crippen LogP contribution in [0.25, 0.3) is 0 Å². The van der Waals surface area contributed by atoms with Gasteiger partial charge in [0.1, 0.15) is 5.82 Å². The van der Waals surface area contributed by atoms with Crippen LogP contribution in [-0.2, 0) is 5.75 Å². The first-order valence-corrected chi connectivity index (χ1v) is 8.98. The zero-order chi connectivity index (χ0) is 14.7. The summed E-state index contributed by atoms with van der Waals surface area (Å²) in [6.07, 6.45) is 4.82. The lowest BCUT2D eigenvalue weighted by Crippen LogP contribution is -2.13. The van der Waals surface area contributed by atoms with Crippen LogP contribution in [-0.4, -0.2) is 9.97 Å². The topological polar surface area (TPSA) is 45.8 Å². The van der Waals surface area contributed by atoms with Gasteiger partial charge in [0.2, 0.25) is 0 Å². The van der Waals surface area contributed by atoms with Crippen LogP contribution in [0.1, 0.15) is 43.1 Å². The van der Waals surface area contributed by atoms with Crippen molar-refractivity contribution in [1.82, 2.24) is 9.97 Å². The summed E-state index contributed by atoms with van der Waals surface area (Å²) in [4.78, 5) is 20.5. The summed E-state index contributed by atoms with van der Waals surface area (Å²) in [6.45, 7) is 0. The van der Waals surface area contributed by atoms with Crippen molar-refractivity contribution in [3.05, 3.63) is 56.7 Å². The molecule has 1 N–H and O–H groups in total. The fraction of sp³-hybridized carbons (Fsp3) is 0.375. The van der Waals surface area contributed by atoms with Gasteiger partial charge in [0.15, 0.2) is 0 Å². The van der Waals surface area contributed by atoms with Crippen LogP contribution in [0.4, 0.5) is 0 Å². The Morgan fingerprint density at radius 3 is 2.81 bits per heavy atom. The minimum absolute atomic E-state index is 0.0328. The van der Waals surface area contributed by atoms with Crippen molar-refractivity contribution >= 4 is 27.7 Å². The van der Waals surface area contributed by atoms with Gasteiger partial charge < -0.3 is 4.98 Å². The summed E-state index contributed by atoms with van der Waals surface area (Å²) in [7, 11) is 0. The van der Waals surface area contributed by atoms with E-state index in [0.29, 0.717) is 11.7 Å². The lowest BCUT2D eigenvalue weighted by Gasteiger charge is -2.10. The molecule has 110 valence electrons. The highest BCUT2D eigenvalue weighted by atomic mass is 79.9. The van der Waals surface area contributed by atoms with Crippen LogP contribution in [0, 0.1) is 0 Å². The van der Waals surface area contributed by atoms with Gasteiger partial charge >= 0.3 is 0 Å². The van der Waals surface area contributed by atoms with Gasteiger partial charge in [0.05, 0.1) is 11.4 Å². The van der Waals surface area contributed by atoms with E-state index in [9.17, 15) is 4.79 Å². The number of hydrogen-bond acceptors (Lipinski definition) is 3. The number of H-pyrrole nitrogens is 1. The van der Waals surface area contributed by atoms with E-state index in [2.05, 4.69) is 32.0 Å². The number of aromatic nitrogens is 2. The number of rotatable bonds is 4. The average molecular weight is 365 g/mol. The fourth-order valence-corrected chi connectivity index (χ4v) is 4.17. The van der Waals surface area contributed by atoms with E-state index in [1.54, 1.807) is 17.8 Å². The molecule has 0 radical (unpaired) electrons. The molecule has 0 spiro atoms. The van der Waals surface area contributed by atoms with Crippen LogP contribution in [0.15, 0.2) is 44.5 Å². The van der Waals surface area contributed by atoms with Gasteiger partial charge in [-0.15, -0.1) is 11.8 Å². The number of benzene rings is 1. The summed E-state index contributed by atoms with van der Waals surface area (Å²) < 4.78 is 1.07. The van der Waals surface area contributed by atoms with Gasteiger partial charge in [-0.2, -0.15) is 0 Å². The molecular formula is C16H17BrN2OS. The van der Waals surface area contributed by atoms with Crippen molar-refractivity contribution in [2.24, 2.45) is 0 Å². The van der Waals surface area contributed by atoms with Crippen LogP contribution >= 0.6 is 27.7 Å². The molecule has 2 aromatic rings. The van der Waals surface area contributed by atoms with Crippen molar-refractivity contribution in [1.29, 1.82) is 0 Å². The number of halogens is 1. The maximum Gasteiger partial charge on any atom is 0.251 e. The molecule has 5 heteroatoms. The van der Waals surface area contributed by atoms with Gasteiger partial charge in [-0.05, 0) is 40.9 Å². The van der Waals surface area contributed by atoms with E-state index in [-0.39, 0.29) is 5.56 Å². The Morgan fingerprint density at radius 2 is 2.05 bits per heavy atom. The van der Waals surface area contributed by atoms with Crippen LogP contribution < -0.4 is 5.56 Å². The highest BCUT2D eigenvalue weighted by Gasteiger charge is 2.19. The standard InChI is InChI=1S/C16H17BrN2OS/c17-12-7-3-4-8-14(12)21-10-15-18-13(9-16(20)19-15)11-5-1-2-6-11/h3-4,7-9,11H,1-2,5-6,10H2,(H,18,19,20). The zero-order valence-corrected chi connectivity index (χ0v) is 14.0. The molecule has 3 nitrogen and oxygen atoms in total. The van der Waals surface area contributed by atoms with E-state index in [1.165, 1.54) is 12.8 Å². The molecule has 3 rings (SSSR count). The van der Waals surface area contributed by atoms with Gasteiger partial charge in [-0.25, -0.2) is 4.98 Å². The first-order valence-electron chi connectivity index (χ1n) is 7.20. The molecule has 0 unspecified atom stereocenters. The monoisotopic (exact) mass is 364 g/mol. The Hall–Kier alpha value is -1.07. The number of aromatic amines is 1. The van der Waals surface area contributed by atoms with Gasteiger partial charge in [-0.3, -0.25) is 4.79 Å². The van der Waals surface area contributed by atoms with E-state index in [4.69, 9.17) is 0 Å². The van der Waals surface area contributed by atoms with Crippen molar-refractivity contribution in [2.45, 2.75) is 42.2 Å². The summed E-state index contributed by atoms with van der Waals surface area (Å²) in [5, 5.41) is 0. The molecule has 0 saturated heterocycles. The Balaban J connectivity index is 1.76. The van der Waals surface area contributed by atoms with E-state index >= 15 is 0 Å². The Bertz CT molecular complexity index is 680. The van der Waals surface area contributed by atoms with E-state index < -0.39 is 0 Å². The molecule has 0 bridgehead atoms. The Morgan fingerprint density at radius 1 is 1.29 bits per heavy atom. The molecule has 0 aliphatic heterocycles. The summed E-state index contributed by atoms with van der Waals surface area (Å²) in [6, 6.07) is 9.76. The predicted octanol–water partition coefficient (Wildman–Crippen LogP) is 4.48. The van der Waals surface area contributed by atoms with Crippen molar-refractivity contribution in [3.63, 3.8) is 0 Å². The maximum absolute atomic E-state index is 11.8. The number of hydrogen-bond donors (Lipinski definition) is 1. The SMILES string of the molecule is O=c1cc(C2CCCC2)nc(CSc2ccccc2Br)[nH]1. The maximum atomic E-state index is 11.8. The number of thioether (sulfide) groups is 1. The second-order valence-electron chi connectivity index (χ2n) is 5.32. The van der Waals surface area contributed by atoms with Gasteiger partial charge in [0, 0.05) is 21.4 Å². The molecule has 1 aromatic carbocycles. The Kier molecular flexibility index (Phi) is 4.80. The summed E-state index contributed by atoms with van der Waals surface area (Å²) in [5.74, 6) is 1.92. The first-order chi connectivity index (χ1) is 10.2. The third-order valence-electron chi connectivity index (χ3n) is 3.79. The lowest BCUT2D eigenvalue weighted by molar-refractivity contribution is 0.685. The van der Waals surface area contributed by atoms with Crippen molar-refractivity contribution < 1.29 is 0 Å². The number of nitrogens with zero attached hydrogens (tertiary/aromatic N) is 1. The molecule has 1 fully saturated rings. The van der Waals surface area contributed by atoms with E-state index in [1.807, 2.05) is 18.2 Å². The molecule has 1 aromatic heterocycles. The minimum atomic E-state index is -0.0328. The summed E-state index contributed by atoms with van der Waals surface area (Å²) >= 11 is 5.22. The molecule has 0 amide bonds. The normalized spacial score (nSPS) is 15.5. The predicted molar refractivity (Wildman–Crippen MR) is 89.8 cm³/mol. The lowest BCUT2D eigenvalue weighted by atomic mass is 10.0. The number of nitrogens with one attached hydrogen (secondary N) is 1. The van der Waals surface area contributed by atoms with Crippen molar-refractivity contribution in [2.75, 3.05) is 0 Å². The minimum Gasteiger partial charge on any atom is -0.310 e. The molecule has 1 aliphatic rings. The molecule has 1 saturated carbocycles. The molecular weight excluding hydrogens is 348 g/mol. The fourth-order valence-electron chi connectivity index (χ4n) is 2.74. The van der Waals surface area contributed by atoms with E-state index in [0.717, 1.165) is 33.7 Å². The highest BCUT2D eigenvalue weighted by molar-refractivity contribution is 9.10. The zero-order valence-electron chi connectivity index (χ0n) is 11.6. The average Bonchev–Trinajstić information content (AvgIpc) is 3.00. The smallest absolute Gasteiger partial charge is 0.251 e. The third kappa shape index (κ3) is 3.77. The Labute approximate surface area is 136 Å².